The minimum absolute atomic E-state index is 0.163. The lowest BCUT2D eigenvalue weighted by Crippen LogP contribution is -2.06. The molecule has 0 unspecified atom stereocenters. The van der Waals surface area contributed by atoms with Gasteiger partial charge in [0.15, 0.2) is 5.78 Å². The van der Waals surface area contributed by atoms with Crippen LogP contribution in [0.5, 0.6) is 0 Å². The summed E-state index contributed by atoms with van der Waals surface area (Å²) in [7, 11) is 0. The predicted octanol–water partition coefficient (Wildman–Crippen LogP) is 4.12. The van der Waals surface area contributed by atoms with Crippen LogP contribution in [-0.2, 0) is 11.2 Å². The van der Waals surface area contributed by atoms with Gasteiger partial charge in [-0.1, -0.05) is 36.7 Å². The number of Topliss-reactive ketones (excluding diaryl/α,β-unsaturated/α-hetero) is 1. The third-order valence-electron chi connectivity index (χ3n) is 2.65. The molecular formula is C14H17ClO. The largest absolute Gasteiger partial charge is 0.294 e. The van der Waals surface area contributed by atoms with Crippen molar-refractivity contribution < 1.29 is 4.79 Å². The van der Waals surface area contributed by atoms with E-state index in [4.69, 9.17) is 11.6 Å². The van der Waals surface area contributed by atoms with Crippen LogP contribution in [0, 0.1) is 6.92 Å². The van der Waals surface area contributed by atoms with Crippen LogP contribution in [0.4, 0.5) is 0 Å². The fourth-order valence-corrected chi connectivity index (χ4v) is 1.95. The Bertz CT molecular complexity index is 419. The SMILES string of the molecule is C/C=C(/CC)C(=O)Cc1ccc(C)cc1Cl. The summed E-state index contributed by atoms with van der Waals surface area (Å²) < 4.78 is 0. The first-order chi connectivity index (χ1) is 7.58. The Morgan fingerprint density at radius 2 is 2.12 bits per heavy atom. The van der Waals surface area contributed by atoms with E-state index in [2.05, 4.69) is 0 Å². The number of rotatable bonds is 4. The van der Waals surface area contributed by atoms with Crippen molar-refractivity contribution in [3.8, 4) is 0 Å². The van der Waals surface area contributed by atoms with E-state index in [-0.39, 0.29) is 5.78 Å². The van der Waals surface area contributed by atoms with E-state index in [1.807, 2.05) is 45.0 Å². The zero-order valence-electron chi connectivity index (χ0n) is 10.0. The monoisotopic (exact) mass is 236 g/mol. The fraction of sp³-hybridized carbons (Fsp3) is 0.357. The van der Waals surface area contributed by atoms with Crippen molar-refractivity contribution >= 4 is 17.4 Å². The second-order valence-electron chi connectivity index (χ2n) is 3.86. The first kappa shape index (κ1) is 13.0. The molecule has 0 saturated heterocycles. The van der Waals surface area contributed by atoms with Crippen molar-refractivity contribution in [3.05, 3.63) is 46.0 Å². The van der Waals surface area contributed by atoms with Gasteiger partial charge in [-0.2, -0.15) is 0 Å². The Hall–Kier alpha value is -1.08. The minimum atomic E-state index is 0.163. The number of ketones is 1. The quantitative estimate of drug-likeness (QED) is 0.719. The highest BCUT2D eigenvalue weighted by atomic mass is 35.5. The molecule has 0 aromatic heterocycles. The summed E-state index contributed by atoms with van der Waals surface area (Å²) in [5.74, 6) is 0.163. The Balaban J connectivity index is 2.85. The number of hydrogen-bond donors (Lipinski definition) is 0. The summed E-state index contributed by atoms with van der Waals surface area (Å²) in [6, 6.07) is 5.81. The summed E-state index contributed by atoms with van der Waals surface area (Å²) in [5, 5.41) is 0.680. The molecule has 0 fully saturated rings. The maximum atomic E-state index is 11.9. The normalized spacial score (nSPS) is 11.6. The molecule has 16 heavy (non-hydrogen) atoms. The Morgan fingerprint density at radius 3 is 2.62 bits per heavy atom. The van der Waals surface area contributed by atoms with E-state index in [1.54, 1.807) is 0 Å². The highest BCUT2D eigenvalue weighted by molar-refractivity contribution is 6.31. The molecule has 1 nitrogen and oxygen atoms in total. The lowest BCUT2D eigenvalue weighted by Gasteiger charge is -2.06. The molecule has 0 aliphatic heterocycles. The molecule has 0 aliphatic rings. The lowest BCUT2D eigenvalue weighted by atomic mass is 10.0. The molecule has 1 rings (SSSR count). The molecule has 0 radical (unpaired) electrons. The number of aryl methyl sites for hydroxylation is 1. The molecule has 0 saturated carbocycles. The molecule has 2 heteroatoms. The van der Waals surface area contributed by atoms with E-state index in [0.29, 0.717) is 11.4 Å². The maximum Gasteiger partial charge on any atom is 0.162 e. The summed E-state index contributed by atoms with van der Waals surface area (Å²) in [5.41, 5.74) is 2.89. The number of carbonyl (C=O) groups is 1. The van der Waals surface area contributed by atoms with Gasteiger partial charge in [0.1, 0.15) is 0 Å². The van der Waals surface area contributed by atoms with Gasteiger partial charge < -0.3 is 0 Å². The van der Waals surface area contributed by atoms with Crippen molar-refractivity contribution in [3.63, 3.8) is 0 Å². The number of benzene rings is 1. The van der Waals surface area contributed by atoms with Gasteiger partial charge in [0.05, 0.1) is 0 Å². The van der Waals surface area contributed by atoms with Gasteiger partial charge in [-0.25, -0.2) is 0 Å². The van der Waals surface area contributed by atoms with Crippen LogP contribution < -0.4 is 0 Å². The highest BCUT2D eigenvalue weighted by Crippen LogP contribution is 2.19. The zero-order chi connectivity index (χ0) is 12.1. The Kier molecular flexibility index (Phi) is 4.75. The molecule has 0 aliphatic carbocycles. The smallest absolute Gasteiger partial charge is 0.162 e. The van der Waals surface area contributed by atoms with Gasteiger partial charge >= 0.3 is 0 Å². The molecule has 0 N–H and O–H groups in total. The van der Waals surface area contributed by atoms with Crippen molar-refractivity contribution in [2.24, 2.45) is 0 Å². The number of halogens is 1. The van der Waals surface area contributed by atoms with Gasteiger partial charge in [-0.3, -0.25) is 4.79 Å². The number of carbonyl (C=O) groups excluding carboxylic acids is 1. The molecule has 1 aromatic rings. The maximum absolute atomic E-state index is 11.9. The predicted molar refractivity (Wildman–Crippen MR) is 68.9 cm³/mol. The van der Waals surface area contributed by atoms with Crippen molar-refractivity contribution in [1.29, 1.82) is 0 Å². The van der Waals surface area contributed by atoms with Crippen LogP contribution in [0.15, 0.2) is 29.8 Å². The average molecular weight is 237 g/mol. The van der Waals surface area contributed by atoms with E-state index in [9.17, 15) is 4.79 Å². The van der Waals surface area contributed by atoms with Gasteiger partial charge in [0.2, 0.25) is 0 Å². The third-order valence-corrected chi connectivity index (χ3v) is 3.00. The molecule has 0 spiro atoms. The second kappa shape index (κ2) is 5.86. The molecule has 86 valence electrons. The molecule has 0 bridgehead atoms. The van der Waals surface area contributed by atoms with Crippen LogP contribution in [0.3, 0.4) is 0 Å². The summed E-state index contributed by atoms with van der Waals surface area (Å²) in [6.45, 7) is 5.87. The number of hydrogen-bond acceptors (Lipinski definition) is 1. The van der Waals surface area contributed by atoms with E-state index in [1.165, 1.54) is 0 Å². The third kappa shape index (κ3) is 3.21. The van der Waals surface area contributed by atoms with Crippen molar-refractivity contribution in [1.82, 2.24) is 0 Å². The first-order valence-corrected chi connectivity index (χ1v) is 5.89. The van der Waals surface area contributed by atoms with E-state index >= 15 is 0 Å². The van der Waals surface area contributed by atoms with Crippen LogP contribution in [0.2, 0.25) is 5.02 Å². The van der Waals surface area contributed by atoms with Crippen LogP contribution >= 0.6 is 11.6 Å². The van der Waals surface area contributed by atoms with Gasteiger partial charge in [0, 0.05) is 11.4 Å². The summed E-state index contributed by atoms with van der Waals surface area (Å²) in [4.78, 5) is 11.9. The number of allylic oxidation sites excluding steroid dienone is 2. The second-order valence-corrected chi connectivity index (χ2v) is 4.27. The van der Waals surface area contributed by atoms with Gasteiger partial charge in [-0.15, -0.1) is 0 Å². The molecule has 0 heterocycles. The average Bonchev–Trinajstić information content (AvgIpc) is 2.24. The standard InChI is InChI=1S/C14H17ClO/c1-4-11(5-2)14(16)9-12-7-6-10(3)8-13(12)15/h4,6-8H,5,9H2,1-3H3/b11-4-. The van der Waals surface area contributed by atoms with Crippen molar-refractivity contribution in [2.45, 2.75) is 33.6 Å². The lowest BCUT2D eigenvalue weighted by molar-refractivity contribution is -0.115. The Morgan fingerprint density at radius 1 is 1.44 bits per heavy atom. The summed E-state index contributed by atoms with van der Waals surface area (Å²) in [6.07, 6.45) is 3.05. The first-order valence-electron chi connectivity index (χ1n) is 5.51. The van der Waals surface area contributed by atoms with E-state index < -0.39 is 0 Å². The molecule has 0 atom stereocenters. The van der Waals surface area contributed by atoms with Crippen LogP contribution in [-0.4, -0.2) is 5.78 Å². The zero-order valence-corrected chi connectivity index (χ0v) is 10.8. The van der Waals surface area contributed by atoms with Crippen molar-refractivity contribution in [2.75, 3.05) is 0 Å². The van der Waals surface area contributed by atoms with Gasteiger partial charge in [-0.05, 0) is 43.0 Å². The Labute approximate surface area is 102 Å². The van der Waals surface area contributed by atoms with Crippen LogP contribution in [0.25, 0.3) is 0 Å². The van der Waals surface area contributed by atoms with Crippen LogP contribution in [0.1, 0.15) is 31.4 Å². The minimum Gasteiger partial charge on any atom is -0.294 e. The highest BCUT2D eigenvalue weighted by Gasteiger charge is 2.10. The van der Waals surface area contributed by atoms with Gasteiger partial charge in [0.25, 0.3) is 0 Å². The van der Waals surface area contributed by atoms with E-state index in [0.717, 1.165) is 23.1 Å². The molecule has 1 aromatic carbocycles. The fourth-order valence-electron chi connectivity index (χ4n) is 1.64. The molecular weight excluding hydrogens is 220 g/mol. The topological polar surface area (TPSA) is 17.1 Å². The molecule has 0 amide bonds. The summed E-state index contributed by atoms with van der Waals surface area (Å²) >= 11 is 6.09.